The van der Waals surface area contributed by atoms with Gasteiger partial charge in [0.2, 0.25) is 15.9 Å². The van der Waals surface area contributed by atoms with Gasteiger partial charge in [0.15, 0.2) is 0 Å². The van der Waals surface area contributed by atoms with Crippen LogP contribution in [0.3, 0.4) is 0 Å². The predicted octanol–water partition coefficient (Wildman–Crippen LogP) is 5.53. The number of carbonyl (C=O) groups excluding carboxylic acids is 1. The third-order valence-electron chi connectivity index (χ3n) is 5.26. The number of hydrogen-bond acceptors (Lipinski definition) is 3. The van der Waals surface area contributed by atoms with Gasteiger partial charge in [-0.25, -0.2) is 8.42 Å². The van der Waals surface area contributed by atoms with E-state index in [0.29, 0.717) is 5.69 Å². The number of sulfonamides is 1. The fourth-order valence-corrected chi connectivity index (χ4v) is 5.18. The summed E-state index contributed by atoms with van der Waals surface area (Å²) in [5.41, 5.74) is 2.91. The zero-order chi connectivity index (χ0) is 23.0. The van der Waals surface area contributed by atoms with Crippen molar-refractivity contribution in [2.24, 2.45) is 0 Å². The number of para-hydroxylation sites is 1. The zero-order valence-corrected chi connectivity index (χ0v) is 19.8. The fourth-order valence-electron chi connectivity index (χ4n) is 3.87. The number of fused-ring (bicyclic) bond motifs is 3. The predicted molar refractivity (Wildman–Crippen MR) is 132 cm³/mol. The average molecular weight is 490 g/mol. The van der Waals surface area contributed by atoms with Gasteiger partial charge in [0, 0.05) is 34.0 Å². The third-order valence-corrected chi connectivity index (χ3v) is 7.20. The Kier molecular flexibility index (Phi) is 6.07. The number of amides is 1. The van der Waals surface area contributed by atoms with Crippen LogP contribution in [0.25, 0.3) is 21.8 Å². The Balaban J connectivity index is 1.66. The van der Waals surface area contributed by atoms with Crippen LogP contribution in [0.5, 0.6) is 0 Å². The fraction of sp³-hybridized carbons (Fsp3) is 0.174. The van der Waals surface area contributed by atoms with Crippen LogP contribution in [-0.2, 0) is 21.4 Å². The van der Waals surface area contributed by atoms with E-state index in [4.69, 9.17) is 23.2 Å². The Morgan fingerprint density at radius 2 is 1.72 bits per heavy atom. The molecule has 0 radical (unpaired) electrons. The number of halogens is 2. The summed E-state index contributed by atoms with van der Waals surface area (Å²) in [7, 11) is -3.78. The first kappa shape index (κ1) is 22.5. The number of anilines is 2. The Bertz CT molecular complexity index is 1450. The van der Waals surface area contributed by atoms with Crippen molar-refractivity contribution in [1.29, 1.82) is 0 Å². The molecule has 1 heterocycles. The van der Waals surface area contributed by atoms with Gasteiger partial charge in [-0.05, 0) is 43.3 Å². The van der Waals surface area contributed by atoms with Crippen LogP contribution >= 0.6 is 23.2 Å². The van der Waals surface area contributed by atoms with E-state index in [1.165, 1.54) is 6.07 Å². The largest absolute Gasteiger partial charge is 0.341 e. The highest BCUT2D eigenvalue weighted by Crippen LogP contribution is 2.34. The molecule has 0 atom stereocenters. The van der Waals surface area contributed by atoms with Crippen LogP contribution in [0, 0.1) is 0 Å². The highest BCUT2D eigenvalue weighted by molar-refractivity contribution is 7.92. The van der Waals surface area contributed by atoms with Gasteiger partial charge in [-0.15, -0.1) is 0 Å². The standard InChI is InChI=1S/C23H21Cl2N3O3S/c1-3-27-19-9-5-4-7-16(19)17-13-15(11-12-20(17)27)26-22(29)14-28(32(2,30)31)21-10-6-8-18(24)23(21)25/h4-13H,3,14H2,1-2H3,(H,26,29). The summed E-state index contributed by atoms with van der Waals surface area (Å²) in [6.07, 6.45) is 1.02. The molecule has 0 fully saturated rings. The monoisotopic (exact) mass is 489 g/mol. The molecular weight excluding hydrogens is 469 g/mol. The lowest BCUT2D eigenvalue weighted by Gasteiger charge is -2.23. The SMILES string of the molecule is CCn1c2ccccc2c2cc(NC(=O)CN(c3cccc(Cl)c3Cl)S(C)(=O)=O)ccc21. The second kappa shape index (κ2) is 8.65. The van der Waals surface area contributed by atoms with Crippen molar-refractivity contribution in [2.45, 2.75) is 13.5 Å². The normalized spacial score (nSPS) is 11.8. The zero-order valence-electron chi connectivity index (χ0n) is 17.5. The number of aryl methyl sites for hydroxylation is 1. The van der Waals surface area contributed by atoms with Crippen molar-refractivity contribution in [3.8, 4) is 0 Å². The van der Waals surface area contributed by atoms with Gasteiger partial charge in [-0.3, -0.25) is 9.10 Å². The number of carbonyl (C=O) groups is 1. The minimum atomic E-state index is -3.78. The molecule has 32 heavy (non-hydrogen) atoms. The maximum absolute atomic E-state index is 12.8. The topological polar surface area (TPSA) is 71.4 Å². The van der Waals surface area contributed by atoms with Crippen molar-refractivity contribution in [2.75, 3.05) is 22.4 Å². The minimum Gasteiger partial charge on any atom is -0.341 e. The number of hydrogen-bond donors (Lipinski definition) is 1. The number of nitrogens with zero attached hydrogens (tertiary/aromatic N) is 2. The molecule has 0 spiro atoms. The molecule has 0 aliphatic rings. The number of rotatable bonds is 6. The molecule has 0 aliphatic heterocycles. The van der Waals surface area contributed by atoms with Gasteiger partial charge < -0.3 is 9.88 Å². The smallest absolute Gasteiger partial charge is 0.245 e. The molecule has 1 aromatic heterocycles. The van der Waals surface area contributed by atoms with E-state index in [-0.39, 0.29) is 15.7 Å². The van der Waals surface area contributed by atoms with Crippen LogP contribution in [-0.4, -0.2) is 31.7 Å². The summed E-state index contributed by atoms with van der Waals surface area (Å²) in [4.78, 5) is 12.8. The van der Waals surface area contributed by atoms with Crippen LogP contribution in [0.15, 0.2) is 60.7 Å². The summed E-state index contributed by atoms with van der Waals surface area (Å²) >= 11 is 12.2. The van der Waals surface area contributed by atoms with E-state index in [0.717, 1.165) is 38.9 Å². The summed E-state index contributed by atoms with van der Waals surface area (Å²) in [5.74, 6) is -0.495. The number of benzene rings is 3. The van der Waals surface area contributed by atoms with Crippen LogP contribution in [0.1, 0.15) is 6.92 Å². The van der Waals surface area contributed by atoms with Crippen LogP contribution < -0.4 is 9.62 Å². The molecule has 1 amide bonds. The van der Waals surface area contributed by atoms with Gasteiger partial charge in [0.25, 0.3) is 0 Å². The second-order valence-electron chi connectivity index (χ2n) is 7.38. The molecule has 0 saturated heterocycles. The highest BCUT2D eigenvalue weighted by atomic mass is 35.5. The van der Waals surface area contributed by atoms with Crippen molar-refractivity contribution in [3.63, 3.8) is 0 Å². The molecule has 166 valence electrons. The molecule has 4 aromatic rings. The van der Waals surface area contributed by atoms with Crippen molar-refractivity contribution in [1.82, 2.24) is 4.57 Å². The maximum Gasteiger partial charge on any atom is 0.245 e. The Morgan fingerprint density at radius 1 is 1.00 bits per heavy atom. The van der Waals surface area contributed by atoms with Crippen LogP contribution in [0.2, 0.25) is 10.0 Å². The lowest BCUT2D eigenvalue weighted by Crippen LogP contribution is -2.37. The highest BCUT2D eigenvalue weighted by Gasteiger charge is 2.24. The summed E-state index contributed by atoms with van der Waals surface area (Å²) in [6.45, 7) is 2.47. The van der Waals surface area contributed by atoms with Gasteiger partial charge >= 0.3 is 0 Å². The van der Waals surface area contributed by atoms with Gasteiger partial charge in [0.05, 0.1) is 22.0 Å². The van der Waals surface area contributed by atoms with Crippen molar-refractivity contribution < 1.29 is 13.2 Å². The maximum atomic E-state index is 12.8. The summed E-state index contributed by atoms with van der Waals surface area (Å²) in [5, 5.41) is 5.18. The van der Waals surface area contributed by atoms with Crippen molar-refractivity contribution >= 4 is 72.3 Å². The first-order valence-electron chi connectivity index (χ1n) is 9.93. The molecule has 0 bridgehead atoms. The minimum absolute atomic E-state index is 0.0705. The first-order valence-corrected chi connectivity index (χ1v) is 12.5. The lowest BCUT2D eigenvalue weighted by atomic mass is 10.1. The van der Waals surface area contributed by atoms with E-state index in [1.807, 2.05) is 36.4 Å². The van der Waals surface area contributed by atoms with E-state index < -0.39 is 22.5 Å². The quantitative estimate of drug-likeness (QED) is 0.387. The van der Waals surface area contributed by atoms with E-state index >= 15 is 0 Å². The Morgan fingerprint density at radius 3 is 2.44 bits per heavy atom. The van der Waals surface area contributed by atoms with E-state index in [9.17, 15) is 13.2 Å². The lowest BCUT2D eigenvalue weighted by molar-refractivity contribution is -0.114. The van der Waals surface area contributed by atoms with Crippen molar-refractivity contribution in [3.05, 3.63) is 70.7 Å². The molecule has 4 rings (SSSR count). The molecule has 0 unspecified atom stereocenters. The van der Waals surface area contributed by atoms with Crippen LogP contribution in [0.4, 0.5) is 11.4 Å². The third kappa shape index (κ3) is 4.16. The molecule has 9 heteroatoms. The molecule has 6 nitrogen and oxygen atoms in total. The number of nitrogens with one attached hydrogen (secondary N) is 1. The van der Waals surface area contributed by atoms with E-state index in [2.05, 4.69) is 22.9 Å². The average Bonchev–Trinajstić information content (AvgIpc) is 3.06. The Labute approximate surface area is 196 Å². The van der Waals surface area contributed by atoms with Gasteiger partial charge in [-0.1, -0.05) is 47.5 Å². The second-order valence-corrected chi connectivity index (χ2v) is 10.1. The molecule has 1 N–H and O–H groups in total. The van der Waals surface area contributed by atoms with E-state index in [1.54, 1.807) is 12.1 Å². The molecular formula is C23H21Cl2N3O3S. The number of aromatic nitrogens is 1. The van der Waals surface area contributed by atoms with Gasteiger partial charge in [0.1, 0.15) is 6.54 Å². The molecule has 0 saturated carbocycles. The molecule has 0 aliphatic carbocycles. The summed E-state index contributed by atoms with van der Waals surface area (Å²) in [6, 6.07) is 18.4. The Hall–Kier alpha value is -2.74. The van der Waals surface area contributed by atoms with Gasteiger partial charge in [-0.2, -0.15) is 0 Å². The summed E-state index contributed by atoms with van der Waals surface area (Å²) < 4.78 is 27.9. The first-order chi connectivity index (χ1) is 15.2. The molecule has 3 aromatic carbocycles.